The molecular weight excluding hydrogens is 267 g/mol. The molecule has 0 aromatic heterocycles. The fourth-order valence-corrected chi connectivity index (χ4v) is 2.99. The Morgan fingerprint density at radius 3 is 2.42 bits per heavy atom. The highest BCUT2D eigenvalue weighted by molar-refractivity contribution is 6.34. The summed E-state index contributed by atoms with van der Waals surface area (Å²) in [5, 5.41) is 0.173. The summed E-state index contributed by atoms with van der Waals surface area (Å²) in [6, 6.07) is 2.74. The van der Waals surface area contributed by atoms with Gasteiger partial charge in [-0.05, 0) is 44.4 Å². The van der Waals surface area contributed by atoms with Crippen molar-refractivity contribution in [1.29, 1.82) is 0 Å². The van der Waals surface area contributed by atoms with Crippen LogP contribution in [0.5, 0.6) is 0 Å². The van der Waals surface area contributed by atoms with E-state index >= 15 is 0 Å². The van der Waals surface area contributed by atoms with E-state index in [1.54, 1.807) is 6.92 Å². The smallest absolute Gasteiger partial charge is 0.170 e. The van der Waals surface area contributed by atoms with Gasteiger partial charge in [-0.15, -0.1) is 0 Å². The lowest BCUT2D eigenvalue weighted by atomic mass is 9.83. The van der Waals surface area contributed by atoms with Gasteiger partial charge in [0.25, 0.3) is 0 Å². The lowest BCUT2D eigenvalue weighted by Gasteiger charge is -2.18. The minimum atomic E-state index is -0.390. The van der Waals surface area contributed by atoms with Crippen molar-refractivity contribution in [2.24, 2.45) is 11.8 Å². The second-order valence-electron chi connectivity index (χ2n) is 5.38. The van der Waals surface area contributed by atoms with Crippen molar-refractivity contribution in [3.63, 3.8) is 0 Å². The molecule has 0 aliphatic carbocycles. The van der Waals surface area contributed by atoms with Crippen LogP contribution in [0.15, 0.2) is 12.1 Å². The number of hydrogen-bond donors (Lipinski definition) is 0. The van der Waals surface area contributed by atoms with Crippen molar-refractivity contribution in [3.05, 3.63) is 34.1 Å². The second-order valence-corrected chi connectivity index (χ2v) is 5.78. The summed E-state index contributed by atoms with van der Waals surface area (Å²) < 4.78 is 19.1. The second kappa shape index (κ2) is 5.22. The van der Waals surface area contributed by atoms with Crippen molar-refractivity contribution < 1.29 is 13.9 Å². The minimum absolute atomic E-state index is 0.0456. The third-order valence-electron chi connectivity index (χ3n) is 4.06. The fourth-order valence-electron chi connectivity index (χ4n) is 2.74. The number of carbonyl (C=O) groups is 1. The van der Waals surface area contributed by atoms with Crippen molar-refractivity contribution in [1.82, 2.24) is 0 Å². The zero-order valence-corrected chi connectivity index (χ0v) is 12.3. The van der Waals surface area contributed by atoms with Gasteiger partial charge in [-0.25, -0.2) is 4.39 Å². The van der Waals surface area contributed by atoms with Gasteiger partial charge < -0.3 is 4.74 Å². The molecule has 1 heterocycles. The quantitative estimate of drug-likeness (QED) is 0.767. The first-order chi connectivity index (χ1) is 8.82. The number of benzene rings is 1. The highest BCUT2D eigenvalue weighted by Crippen LogP contribution is 2.36. The Labute approximate surface area is 117 Å². The summed E-state index contributed by atoms with van der Waals surface area (Å²) in [4.78, 5) is 12.6. The largest absolute Gasteiger partial charge is 0.374 e. The Bertz CT molecular complexity index is 515. The van der Waals surface area contributed by atoms with Gasteiger partial charge in [-0.1, -0.05) is 18.5 Å². The van der Waals surface area contributed by atoms with Crippen LogP contribution in [0, 0.1) is 24.6 Å². The number of Topliss-reactive ketones (excluding diaryl/α,β-unsaturated/α-hetero) is 1. The maximum Gasteiger partial charge on any atom is 0.170 e. The Morgan fingerprint density at radius 1 is 1.26 bits per heavy atom. The van der Waals surface area contributed by atoms with E-state index in [2.05, 4.69) is 0 Å². The number of ether oxygens (including phenoxy) is 1. The van der Waals surface area contributed by atoms with E-state index in [4.69, 9.17) is 16.3 Å². The van der Waals surface area contributed by atoms with Crippen molar-refractivity contribution >= 4 is 17.4 Å². The van der Waals surface area contributed by atoms with Crippen LogP contribution in [-0.4, -0.2) is 18.0 Å². The number of hydrogen-bond acceptors (Lipinski definition) is 2. The molecule has 1 aromatic carbocycles. The molecular formula is C15H18ClFO2. The molecule has 0 saturated carbocycles. The Balaban J connectivity index is 2.37. The first-order valence-corrected chi connectivity index (χ1v) is 6.86. The van der Waals surface area contributed by atoms with Gasteiger partial charge >= 0.3 is 0 Å². The Kier molecular flexibility index (Phi) is 3.98. The van der Waals surface area contributed by atoms with Crippen molar-refractivity contribution in [2.45, 2.75) is 39.9 Å². The molecule has 0 amide bonds. The van der Waals surface area contributed by atoms with Gasteiger partial charge in [0.2, 0.25) is 0 Å². The van der Waals surface area contributed by atoms with E-state index in [1.807, 2.05) is 20.8 Å². The lowest BCUT2D eigenvalue weighted by molar-refractivity contribution is 0.0491. The van der Waals surface area contributed by atoms with Gasteiger partial charge in [-0.3, -0.25) is 4.79 Å². The maximum absolute atomic E-state index is 13.4. The number of ketones is 1. The van der Waals surface area contributed by atoms with Crippen molar-refractivity contribution in [2.75, 3.05) is 0 Å². The van der Waals surface area contributed by atoms with Crippen LogP contribution in [0.2, 0.25) is 5.02 Å². The topological polar surface area (TPSA) is 26.3 Å². The first-order valence-electron chi connectivity index (χ1n) is 6.48. The predicted molar refractivity (Wildman–Crippen MR) is 73.1 cm³/mol. The molecule has 4 atom stereocenters. The van der Waals surface area contributed by atoms with Crippen LogP contribution in [0.3, 0.4) is 0 Å². The number of halogens is 2. The summed E-state index contributed by atoms with van der Waals surface area (Å²) in [5.41, 5.74) is 0.821. The van der Waals surface area contributed by atoms with Gasteiger partial charge in [0.05, 0.1) is 23.1 Å². The summed E-state index contributed by atoms with van der Waals surface area (Å²) in [6.07, 6.45) is -0.0943. The molecule has 19 heavy (non-hydrogen) atoms. The third-order valence-corrected chi connectivity index (χ3v) is 4.37. The standard InChI is InChI=1S/C15H18ClFO2/c1-7-5-11(12(16)6-13(7)17)15(18)14-8(2)9(3)19-10(14)4/h5-6,8-10,14H,1-4H3. The molecule has 4 heteroatoms. The number of rotatable bonds is 2. The molecule has 2 nitrogen and oxygen atoms in total. The molecule has 0 N–H and O–H groups in total. The molecule has 104 valence electrons. The highest BCUT2D eigenvalue weighted by Gasteiger charge is 2.42. The predicted octanol–water partition coefficient (Wildman–Crippen LogP) is 4.03. The summed E-state index contributed by atoms with van der Waals surface area (Å²) in [6.45, 7) is 7.49. The van der Waals surface area contributed by atoms with E-state index in [0.29, 0.717) is 11.1 Å². The van der Waals surface area contributed by atoms with Gasteiger partial charge in [0, 0.05) is 5.56 Å². The molecule has 1 aliphatic heterocycles. The number of carbonyl (C=O) groups excluding carboxylic acids is 1. The van der Waals surface area contributed by atoms with Crippen molar-refractivity contribution in [3.8, 4) is 0 Å². The molecule has 1 saturated heterocycles. The molecule has 0 spiro atoms. The van der Waals surface area contributed by atoms with E-state index in [9.17, 15) is 9.18 Å². The van der Waals surface area contributed by atoms with Gasteiger partial charge in [0.15, 0.2) is 5.78 Å². The molecule has 0 bridgehead atoms. The van der Waals surface area contributed by atoms with E-state index in [-0.39, 0.29) is 34.8 Å². The van der Waals surface area contributed by atoms with Crippen LogP contribution in [-0.2, 0) is 4.74 Å². The summed E-state index contributed by atoms with van der Waals surface area (Å²) in [5.74, 6) is -0.544. The zero-order valence-electron chi connectivity index (χ0n) is 11.5. The summed E-state index contributed by atoms with van der Waals surface area (Å²) >= 11 is 6.00. The minimum Gasteiger partial charge on any atom is -0.374 e. The molecule has 1 aromatic rings. The highest BCUT2D eigenvalue weighted by atomic mass is 35.5. The molecule has 4 unspecified atom stereocenters. The van der Waals surface area contributed by atoms with E-state index in [0.717, 1.165) is 0 Å². The lowest BCUT2D eigenvalue weighted by Crippen LogP contribution is -2.27. The van der Waals surface area contributed by atoms with Crippen LogP contribution in [0.25, 0.3) is 0 Å². The van der Waals surface area contributed by atoms with E-state index in [1.165, 1.54) is 12.1 Å². The van der Waals surface area contributed by atoms with E-state index < -0.39 is 5.82 Å². The molecule has 1 aliphatic rings. The normalized spacial score (nSPS) is 30.6. The monoisotopic (exact) mass is 284 g/mol. The maximum atomic E-state index is 13.4. The van der Waals surface area contributed by atoms with Crippen LogP contribution >= 0.6 is 11.6 Å². The fraction of sp³-hybridized carbons (Fsp3) is 0.533. The summed E-state index contributed by atoms with van der Waals surface area (Å²) in [7, 11) is 0. The molecule has 0 radical (unpaired) electrons. The first kappa shape index (κ1) is 14.5. The Hall–Kier alpha value is -0.930. The SMILES string of the molecule is Cc1cc(C(=O)C2C(C)OC(C)C2C)c(Cl)cc1F. The third kappa shape index (κ3) is 2.54. The van der Waals surface area contributed by atoms with Crippen LogP contribution in [0.4, 0.5) is 4.39 Å². The molecule has 2 rings (SSSR count). The zero-order chi connectivity index (χ0) is 14.3. The number of aryl methyl sites for hydroxylation is 1. The van der Waals surface area contributed by atoms with Crippen LogP contribution in [0.1, 0.15) is 36.7 Å². The van der Waals surface area contributed by atoms with Gasteiger partial charge in [0.1, 0.15) is 5.82 Å². The van der Waals surface area contributed by atoms with Gasteiger partial charge in [-0.2, -0.15) is 0 Å². The average Bonchev–Trinajstić information content (AvgIpc) is 2.57. The van der Waals surface area contributed by atoms with Crippen LogP contribution < -0.4 is 0 Å². The average molecular weight is 285 g/mol. The molecule has 1 fully saturated rings. The Morgan fingerprint density at radius 2 is 1.89 bits per heavy atom.